The number of nitrogens with zero attached hydrogens (tertiary/aromatic N) is 3. The number of aromatic amines is 1. The lowest BCUT2D eigenvalue weighted by Gasteiger charge is -2.06. The summed E-state index contributed by atoms with van der Waals surface area (Å²) in [7, 11) is 1.90. The number of nitrogens with one attached hydrogen (secondary N) is 1. The van der Waals surface area contributed by atoms with Crippen LogP contribution in [0.2, 0.25) is 0 Å². The predicted molar refractivity (Wildman–Crippen MR) is 102 cm³/mol. The first-order valence-corrected chi connectivity index (χ1v) is 9.03. The van der Waals surface area contributed by atoms with Crippen molar-refractivity contribution in [2.75, 3.05) is 0 Å². The lowest BCUT2D eigenvalue weighted by molar-refractivity contribution is 0.475. The molecule has 0 aliphatic heterocycles. The first-order chi connectivity index (χ1) is 12.6. The van der Waals surface area contributed by atoms with E-state index in [2.05, 4.69) is 15.2 Å². The molecule has 0 radical (unpaired) electrons. The molecular weight excluding hydrogens is 348 g/mol. The van der Waals surface area contributed by atoms with Gasteiger partial charge in [0, 0.05) is 35.3 Å². The summed E-state index contributed by atoms with van der Waals surface area (Å²) >= 11 is 1.53. The maximum atomic E-state index is 11.9. The highest BCUT2D eigenvalue weighted by Gasteiger charge is 2.12. The predicted octanol–water partition coefficient (Wildman–Crippen LogP) is 3.32. The van der Waals surface area contributed by atoms with Crippen molar-refractivity contribution in [2.24, 2.45) is 7.05 Å². The largest absolute Gasteiger partial charge is 0.508 e. The van der Waals surface area contributed by atoms with E-state index in [0.717, 1.165) is 33.0 Å². The van der Waals surface area contributed by atoms with Crippen LogP contribution in [0.1, 0.15) is 5.56 Å². The van der Waals surface area contributed by atoms with E-state index in [-0.39, 0.29) is 11.3 Å². The number of fused-ring (bicyclic) bond motifs is 1. The third-order valence-electron chi connectivity index (χ3n) is 4.15. The molecule has 0 saturated heterocycles. The number of phenols is 1. The molecule has 0 unspecified atom stereocenters. The number of thioether (sulfide) groups is 1. The fourth-order valence-electron chi connectivity index (χ4n) is 2.84. The number of H-pyrrole nitrogens is 1. The molecular formula is C19H16N4O2S. The van der Waals surface area contributed by atoms with Crippen LogP contribution in [-0.2, 0) is 12.8 Å². The van der Waals surface area contributed by atoms with Crippen LogP contribution in [0.25, 0.3) is 22.3 Å². The van der Waals surface area contributed by atoms with Gasteiger partial charge in [-0.05, 0) is 35.9 Å². The Kier molecular flexibility index (Phi) is 4.22. The van der Waals surface area contributed by atoms with Crippen LogP contribution < -0.4 is 5.56 Å². The molecule has 7 heteroatoms. The molecule has 130 valence electrons. The molecule has 0 bridgehead atoms. The maximum absolute atomic E-state index is 11.9. The summed E-state index contributed by atoms with van der Waals surface area (Å²) in [5.74, 6) is 1.56. The number of hydrogen-bond acceptors (Lipinski definition) is 5. The van der Waals surface area contributed by atoms with Crippen molar-refractivity contribution in [3.63, 3.8) is 0 Å². The van der Waals surface area contributed by atoms with Gasteiger partial charge in [0.15, 0.2) is 11.0 Å². The van der Waals surface area contributed by atoms with E-state index in [1.54, 1.807) is 30.3 Å². The molecule has 2 aromatic heterocycles. The molecule has 2 N–H and O–H groups in total. The minimum atomic E-state index is -0.109. The third-order valence-corrected chi connectivity index (χ3v) is 5.22. The highest BCUT2D eigenvalue weighted by Crippen LogP contribution is 2.27. The summed E-state index contributed by atoms with van der Waals surface area (Å²) in [4.78, 5) is 14.7. The Bertz CT molecular complexity index is 1130. The van der Waals surface area contributed by atoms with E-state index < -0.39 is 0 Å². The summed E-state index contributed by atoms with van der Waals surface area (Å²) in [6.45, 7) is 0. The molecule has 0 spiro atoms. The smallest absolute Gasteiger partial charge is 0.248 e. The first kappa shape index (κ1) is 16.4. The molecule has 0 aliphatic rings. The quantitative estimate of drug-likeness (QED) is 0.543. The van der Waals surface area contributed by atoms with Crippen LogP contribution in [0.15, 0.2) is 64.5 Å². The average Bonchev–Trinajstić information content (AvgIpc) is 3.01. The number of aromatic nitrogens is 4. The lowest BCUT2D eigenvalue weighted by Crippen LogP contribution is -2.06. The molecule has 4 rings (SSSR count). The fourth-order valence-corrected chi connectivity index (χ4v) is 3.74. The summed E-state index contributed by atoms with van der Waals surface area (Å²) in [5, 5.41) is 19.7. The number of para-hydroxylation sites is 1. The van der Waals surface area contributed by atoms with Crippen LogP contribution >= 0.6 is 11.8 Å². The highest BCUT2D eigenvalue weighted by molar-refractivity contribution is 7.98. The van der Waals surface area contributed by atoms with Gasteiger partial charge in [-0.3, -0.25) is 4.79 Å². The molecule has 2 aromatic carbocycles. The Balaban J connectivity index is 1.62. The van der Waals surface area contributed by atoms with Crippen LogP contribution in [0.5, 0.6) is 5.75 Å². The Labute approximate surface area is 153 Å². The van der Waals surface area contributed by atoms with Gasteiger partial charge in [0.1, 0.15) is 5.75 Å². The van der Waals surface area contributed by atoms with Gasteiger partial charge in [-0.1, -0.05) is 30.0 Å². The fraction of sp³-hybridized carbons (Fsp3) is 0.105. The van der Waals surface area contributed by atoms with Gasteiger partial charge in [-0.25, -0.2) is 0 Å². The molecule has 4 aromatic rings. The number of hydrogen-bond donors (Lipinski definition) is 2. The SMILES string of the molecule is Cn1c(SCc2cc(=O)[nH]c3ccccc23)nnc1-c1ccc(O)cc1. The molecule has 0 saturated carbocycles. The molecule has 0 atom stereocenters. The van der Waals surface area contributed by atoms with Gasteiger partial charge in [-0.15, -0.1) is 10.2 Å². The Morgan fingerprint density at radius 3 is 2.69 bits per heavy atom. The summed E-state index contributed by atoms with van der Waals surface area (Å²) in [6, 6.07) is 16.2. The molecule has 0 aliphatic carbocycles. The average molecular weight is 364 g/mol. The van der Waals surface area contributed by atoms with E-state index in [1.165, 1.54) is 11.8 Å². The van der Waals surface area contributed by atoms with Crippen molar-refractivity contribution >= 4 is 22.7 Å². The summed E-state index contributed by atoms with van der Waals surface area (Å²) < 4.78 is 1.91. The monoisotopic (exact) mass is 364 g/mol. The number of phenolic OH excluding ortho intramolecular Hbond substituents is 1. The summed E-state index contributed by atoms with van der Waals surface area (Å²) in [6.07, 6.45) is 0. The van der Waals surface area contributed by atoms with Crippen molar-refractivity contribution in [3.8, 4) is 17.1 Å². The van der Waals surface area contributed by atoms with Gasteiger partial charge in [-0.2, -0.15) is 0 Å². The molecule has 6 nitrogen and oxygen atoms in total. The van der Waals surface area contributed by atoms with Crippen LogP contribution in [0, 0.1) is 0 Å². The third kappa shape index (κ3) is 3.09. The maximum Gasteiger partial charge on any atom is 0.248 e. The molecule has 0 amide bonds. The van der Waals surface area contributed by atoms with E-state index in [4.69, 9.17) is 0 Å². The number of pyridine rings is 1. The van der Waals surface area contributed by atoms with E-state index in [1.807, 2.05) is 35.9 Å². The number of benzene rings is 2. The minimum absolute atomic E-state index is 0.109. The van der Waals surface area contributed by atoms with Crippen molar-refractivity contribution in [3.05, 3.63) is 70.5 Å². The van der Waals surface area contributed by atoms with Crippen molar-refractivity contribution in [2.45, 2.75) is 10.9 Å². The van der Waals surface area contributed by atoms with Crippen LogP contribution in [-0.4, -0.2) is 24.9 Å². The van der Waals surface area contributed by atoms with Gasteiger partial charge in [0.2, 0.25) is 5.56 Å². The van der Waals surface area contributed by atoms with Crippen molar-refractivity contribution in [1.82, 2.24) is 19.7 Å². The lowest BCUT2D eigenvalue weighted by atomic mass is 10.1. The van der Waals surface area contributed by atoms with Gasteiger partial charge in [0.25, 0.3) is 0 Å². The van der Waals surface area contributed by atoms with E-state index >= 15 is 0 Å². The van der Waals surface area contributed by atoms with Crippen LogP contribution in [0.3, 0.4) is 0 Å². The Morgan fingerprint density at radius 1 is 1.12 bits per heavy atom. The van der Waals surface area contributed by atoms with Gasteiger partial charge < -0.3 is 14.7 Å². The molecule has 26 heavy (non-hydrogen) atoms. The zero-order chi connectivity index (χ0) is 18.1. The zero-order valence-corrected chi connectivity index (χ0v) is 14.8. The standard InChI is InChI=1S/C19H16N4O2S/c1-23-18(12-6-8-14(24)9-7-12)21-22-19(23)26-11-13-10-17(25)20-16-5-3-2-4-15(13)16/h2-10,24H,11H2,1H3,(H,20,25). The minimum Gasteiger partial charge on any atom is -0.508 e. The van der Waals surface area contributed by atoms with Crippen molar-refractivity contribution < 1.29 is 5.11 Å². The Morgan fingerprint density at radius 2 is 1.88 bits per heavy atom. The number of rotatable bonds is 4. The van der Waals surface area contributed by atoms with Crippen molar-refractivity contribution in [1.29, 1.82) is 0 Å². The second-order valence-corrected chi connectivity index (χ2v) is 6.85. The first-order valence-electron chi connectivity index (χ1n) is 8.04. The van der Waals surface area contributed by atoms with Gasteiger partial charge >= 0.3 is 0 Å². The Hall–Kier alpha value is -3.06. The topological polar surface area (TPSA) is 83.8 Å². The normalized spacial score (nSPS) is 11.1. The second-order valence-electron chi connectivity index (χ2n) is 5.91. The summed E-state index contributed by atoms with van der Waals surface area (Å²) in [5.41, 5.74) is 2.56. The highest BCUT2D eigenvalue weighted by atomic mass is 32.2. The molecule has 2 heterocycles. The zero-order valence-electron chi connectivity index (χ0n) is 14.0. The molecule has 0 fully saturated rings. The van der Waals surface area contributed by atoms with E-state index in [9.17, 15) is 9.90 Å². The van der Waals surface area contributed by atoms with E-state index in [0.29, 0.717) is 5.75 Å². The second kappa shape index (κ2) is 6.68. The number of aromatic hydroxyl groups is 1. The van der Waals surface area contributed by atoms with Gasteiger partial charge in [0.05, 0.1) is 0 Å². The van der Waals surface area contributed by atoms with Crippen LogP contribution in [0.4, 0.5) is 0 Å².